The van der Waals surface area contributed by atoms with Crippen LogP contribution < -0.4 is 14.8 Å². The van der Waals surface area contributed by atoms with Crippen molar-refractivity contribution in [1.82, 2.24) is 10.2 Å². The fraction of sp³-hybridized carbons (Fsp3) is 0.588. The number of benzene rings is 1. The quantitative estimate of drug-likeness (QED) is 0.248. The minimum atomic E-state index is 0. The first-order chi connectivity index (χ1) is 11.2. The molecule has 24 heavy (non-hydrogen) atoms. The number of thioether (sulfide) groups is 1. The topological polar surface area (TPSA) is 46.1 Å². The summed E-state index contributed by atoms with van der Waals surface area (Å²) in [7, 11) is 5.49. The van der Waals surface area contributed by atoms with Gasteiger partial charge in [-0.3, -0.25) is 4.99 Å². The van der Waals surface area contributed by atoms with Crippen LogP contribution in [0.5, 0.6) is 11.5 Å². The van der Waals surface area contributed by atoms with Crippen molar-refractivity contribution in [1.29, 1.82) is 0 Å². The van der Waals surface area contributed by atoms with E-state index in [0.29, 0.717) is 6.61 Å². The molecule has 0 fully saturated rings. The predicted octanol–water partition coefficient (Wildman–Crippen LogP) is 3.34. The lowest BCUT2D eigenvalue weighted by atomic mass is 10.3. The fourth-order valence-corrected chi connectivity index (χ4v) is 2.53. The zero-order chi connectivity index (χ0) is 16.9. The number of nitrogens with zero attached hydrogens (tertiary/aromatic N) is 2. The molecule has 0 aliphatic heterocycles. The van der Waals surface area contributed by atoms with Crippen LogP contribution in [0.15, 0.2) is 29.3 Å². The van der Waals surface area contributed by atoms with E-state index in [2.05, 4.69) is 21.5 Å². The first-order valence-corrected chi connectivity index (χ1v) is 9.28. The lowest BCUT2D eigenvalue weighted by molar-refractivity contribution is 0.281. The summed E-state index contributed by atoms with van der Waals surface area (Å²) < 4.78 is 10.9. The molecule has 1 aromatic rings. The summed E-state index contributed by atoms with van der Waals surface area (Å²) in [6.45, 7) is 2.34. The van der Waals surface area contributed by atoms with Crippen molar-refractivity contribution >= 4 is 41.7 Å². The van der Waals surface area contributed by atoms with Crippen molar-refractivity contribution in [3.63, 3.8) is 0 Å². The van der Waals surface area contributed by atoms with Crippen LogP contribution in [0.3, 0.4) is 0 Å². The summed E-state index contributed by atoms with van der Waals surface area (Å²) in [6.07, 6.45) is 4.54. The van der Waals surface area contributed by atoms with E-state index in [4.69, 9.17) is 9.47 Å². The van der Waals surface area contributed by atoms with Gasteiger partial charge in [-0.1, -0.05) is 0 Å². The molecule has 0 atom stereocenters. The highest BCUT2D eigenvalue weighted by atomic mass is 127. The van der Waals surface area contributed by atoms with Gasteiger partial charge in [0.2, 0.25) is 0 Å². The maximum Gasteiger partial charge on any atom is 0.193 e. The van der Waals surface area contributed by atoms with Crippen LogP contribution in [-0.2, 0) is 0 Å². The van der Waals surface area contributed by atoms with Crippen molar-refractivity contribution in [2.24, 2.45) is 4.99 Å². The van der Waals surface area contributed by atoms with Crippen LogP contribution in [-0.4, -0.2) is 63.8 Å². The number of likely N-dealkylation sites (N-methyl/N-ethyl adjacent to an activating group) is 1. The number of unbranched alkanes of at least 4 members (excludes halogenated alkanes) is 1. The van der Waals surface area contributed by atoms with Gasteiger partial charge in [0, 0.05) is 20.6 Å². The van der Waals surface area contributed by atoms with E-state index >= 15 is 0 Å². The van der Waals surface area contributed by atoms with Gasteiger partial charge in [0.05, 0.1) is 13.7 Å². The molecule has 1 rings (SSSR count). The van der Waals surface area contributed by atoms with E-state index in [1.54, 1.807) is 7.11 Å². The second-order valence-electron chi connectivity index (χ2n) is 5.12. The number of hydrogen-bond donors (Lipinski definition) is 1. The summed E-state index contributed by atoms with van der Waals surface area (Å²) in [5.74, 6) is 3.80. The Morgan fingerprint density at radius 2 is 1.88 bits per heavy atom. The summed E-state index contributed by atoms with van der Waals surface area (Å²) in [5, 5.41) is 3.39. The molecule has 0 spiro atoms. The molecule has 0 unspecified atom stereocenters. The van der Waals surface area contributed by atoms with E-state index in [0.717, 1.165) is 37.0 Å². The van der Waals surface area contributed by atoms with Crippen molar-refractivity contribution in [2.75, 3.05) is 52.9 Å². The minimum Gasteiger partial charge on any atom is -0.497 e. The molecule has 0 radical (unpaired) electrons. The Labute approximate surface area is 167 Å². The molecule has 0 saturated heterocycles. The van der Waals surface area contributed by atoms with Gasteiger partial charge in [-0.05, 0) is 49.1 Å². The van der Waals surface area contributed by atoms with Gasteiger partial charge in [-0.15, -0.1) is 24.0 Å². The highest BCUT2D eigenvalue weighted by molar-refractivity contribution is 14.0. The number of halogens is 1. The van der Waals surface area contributed by atoms with Gasteiger partial charge in [0.15, 0.2) is 5.96 Å². The average molecular weight is 467 g/mol. The molecule has 0 aliphatic rings. The highest BCUT2D eigenvalue weighted by Crippen LogP contribution is 2.16. The number of methoxy groups -OCH3 is 1. The van der Waals surface area contributed by atoms with E-state index in [-0.39, 0.29) is 24.0 Å². The minimum absolute atomic E-state index is 0. The average Bonchev–Trinajstić information content (AvgIpc) is 2.58. The van der Waals surface area contributed by atoms with Gasteiger partial charge in [0.25, 0.3) is 0 Å². The molecule has 5 nitrogen and oxygen atoms in total. The van der Waals surface area contributed by atoms with E-state index in [1.807, 2.05) is 50.1 Å². The molecule has 0 saturated carbocycles. The number of rotatable bonds is 10. The van der Waals surface area contributed by atoms with Crippen LogP contribution in [0, 0.1) is 0 Å². The Balaban J connectivity index is 0.00000529. The summed E-state index contributed by atoms with van der Waals surface area (Å²) in [4.78, 5) is 6.39. The second kappa shape index (κ2) is 14.5. The van der Waals surface area contributed by atoms with Crippen molar-refractivity contribution in [3.8, 4) is 11.5 Å². The van der Waals surface area contributed by atoms with Crippen LogP contribution >= 0.6 is 35.7 Å². The first-order valence-electron chi connectivity index (χ1n) is 7.88. The summed E-state index contributed by atoms with van der Waals surface area (Å²) in [5.41, 5.74) is 0. The third-order valence-corrected chi connectivity index (χ3v) is 4.08. The normalized spacial score (nSPS) is 10.8. The molecule has 0 bridgehead atoms. The van der Waals surface area contributed by atoms with Crippen LogP contribution in [0.1, 0.15) is 12.8 Å². The Morgan fingerprint density at radius 3 is 2.46 bits per heavy atom. The number of hydrogen-bond acceptors (Lipinski definition) is 4. The Kier molecular flexibility index (Phi) is 14.0. The molecule has 1 N–H and O–H groups in total. The number of guanidine groups is 1. The molecular formula is C17H30IN3O2S. The molecular weight excluding hydrogens is 437 g/mol. The number of aliphatic imine (C=N–C) groups is 1. The lowest BCUT2D eigenvalue weighted by Gasteiger charge is -2.22. The van der Waals surface area contributed by atoms with Crippen molar-refractivity contribution < 1.29 is 9.47 Å². The molecule has 138 valence electrons. The van der Waals surface area contributed by atoms with Crippen molar-refractivity contribution in [2.45, 2.75) is 12.8 Å². The molecule has 0 amide bonds. The Morgan fingerprint density at radius 1 is 1.21 bits per heavy atom. The largest absolute Gasteiger partial charge is 0.497 e. The third kappa shape index (κ3) is 9.46. The van der Waals surface area contributed by atoms with Gasteiger partial charge < -0.3 is 19.7 Å². The zero-order valence-electron chi connectivity index (χ0n) is 15.1. The summed E-state index contributed by atoms with van der Waals surface area (Å²) >= 11 is 1.89. The number of nitrogens with one attached hydrogen (secondary N) is 1. The second-order valence-corrected chi connectivity index (χ2v) is 6.11. The Bertz CT molecular complexity index is 458. The number of ether oxygens (including phenoxy) is 2. The highest BCUT2D eigenvalue weighted by Gasteiger charge is 2.05. The van der Waals surface area contributed by atoms with Gasteiger partial charge >= 0.3 is 0 Å². The standard InChI is InChI=1S/C17H29N3O2S.HI/c1-18-17(19-11-5-6-14-23-4)20(2)12-13-22-16-9-7-15(21-3)8-10-16;/h7-10H,5-6,11-14H2,1-4H3,(H,18,19);1H. The van der Waals surface area contributed by atoms with Crippen LogP contribution in [0.2, 0.25) is 0 Å². The van der Waals surface area contributed by atoms with Crippen LogP contribution in [0.4, 0.5) is 0 Å². The van der Waals surface area contributed by atoms with E-state index < -0.39 is 0 Å². The molecule has 1 aromatic carbocycles. The fourth-order valence-electron chi connectivity index (χ4n) is 2.03. The third-order valence-electron chi connectivity index (χ3n) is 3.39. The lowest BCUT2D eigenvalue weighted by Crippen LogP contribution is -2.41. The smallest absolute Gasteiger partial charge is 0.193 e. The monoisotopic (exact) mass is 467 g/mol. The maximum atomic E-state index is 5.75. The zero-order valence-corrected chi connectivity index (χ0v) is 18.2. The van der Waals surface area contributed by atoms with Gasteiger partial charge in [-0.25, -0.2) is 0 Å². The van der Waals surface area contributed by atoms with Gasteiger partial charge in [0.1, 0.15) is 18.1 Å². The van der Waals surface area contributed by atoms with Crippen LogP contribution in [0.25, 0.3) is 0 Å². The predicted molar refractivity (Wildman–Crippen MR) is 116 cm³/mol. The molecule has 0 heterocycles. The molecule has 0 aliphatic carbocycles. The molecule has 7 heteroatoms. The SMILES string of the molecule is CN=C(NCCCCSC)N(C)CCOc1ccc(OC)cc1.I. The van der Waals surface area contributed by atoms with Gasteiger partial charge in [-0.2, -0.15) is 11.8 Å². The Hall–Kier alpha value is -0.830. The molecule has 0 aromatic heterocycles. The summed E-state index contributed by atoms with van der Waals surface area (Å²) in [6, 6.07) is 7.62. The van der Waals surface area contributed by atoms with E-state index in [9.17, 15) is 0 Å². The first kappa shape index (κ1) is 23.2. The van der Waals surface area contributed by atoms with Crippen molar-refractivity contribution in [3.05, 3.63) is 24.3 Å². The van der Waals surface area contributed by atoms with E-state index in [1.165, 1.54) is 12.2 Å². The maximum absolute atomic E-state index is 5.75.